The molecule has 0 aromatic heterocycles. The first-order valence-electron chi connectivity index (χ1n) is 11.5. The van der Waals surface area contributed by atoms with Crippen LogP contribution in [0.3, 0.4) is 0 Å². The zero-order chi connectivity index (χ0) is 24.6. The van der Waals surface area contributed by atoms with Gasteiger partial charge >= 0.3 is 0 Å². The van der Waals surface area contributed by atoms with Gasteiger partial charge in [-0.05, 0) is 49.8 Å². The van der Waals surface area contributed by atoms with E-state index in [4.69, 9.17) is 23.2 Å². The van der Waals surface area contributed by atoms with Gasteiger partial charge in [-0.25, -0.2) is 5.01 Å². The quantitative estimate of drug-likeness (QED) is 0.391. The number of amides is 3. The number of hydrazine groups is 1. The molecule has 0 radical (unpaired) electrons. The number of rotatable bonds is 6. The minimum absolute atomic E-state index is 0.137. The van der Waals surface area contributed by atoms with Gasteiger partial charge in [0.15, 0.2) is 5.78 Å². The van der Waals surface area contributed by atoms with E-state index in [1.807, 2.05) is 0 Å². The minimum Gasteiger partial charge on any atom is -0.292 e. The van der Waals surface area contributed by atoms with Crippen molar-refractivity contribution in [3.63, 3.8) is 0 Å². The Morgan fingerprint density at radius 1 is 0.971 bits per heavy atom. The van der Waals surface area contributed by atoms with E-state index >= 15 is 0 Å². The molecule has 0 unspecified atom stereocenters. The van der Waals surface area contributed by atoms with E-state index < -0.39 is 35.6 Å². The lowest BCUT2D eigenvalue weighted by molar-refractivity contribution is -0.156. The molecule has 3 amide bonds. The second-order valence-corrected chi connectivity index (χ2v) is 9.87. The summed E-state index contributed by atoms with van der Waals surface area (Å²) in [6.07, 6.45) is 2.23. The lowest BCUT2D eigenvalue weighted by Crippen LogP contribution is -2.57. The first-order chi connectivity index (χ1) is 16.2. The SMILES string of the molecule is CC[C@H](C(=O)c1ccccc1)N(C(=O)c1ccc(Cl)c(Cl)c1)N1C(=O)[C@H]2C[C@@H](C)CC[C@H]2C1=O. The summed E-state index contributed by atoms with van der Waals surface area (Å²) in [6, 6.07) is 11.8. The largest absolute Gasteiger partial charge is 0.292 e. The second kappa shape index (κ2) is 9.88. The number of hydrogen-bond donors (Lipinski definition) is 0. The molecule has 8 heteroatoms. The molecule has 4 atom stereocenters. The first-order valence-corrected chi connectivity index (χ1v) is 12.3. The summed E-state index contributed by atoms with van der Waals surface area (Å²) in [7, 11) is 0. The molecule has 2 aromatic rings. The molecule has 0 spiro atoms. The van der Waals surface area contributed by atoms with Crippen LogP contribution in [0.15, 0.2) is 48.5 Å². The fourth-order valence-corrected chi connectivity index (χ4v) is 5.28. The molecular weight excluding hydrogens is 475 g/mol. The number of fused-ring (bicyclic) bond motifs is 1. The molecule has 2 fully saturated rings. The van der Waals surface area contributed by atoms with Crippen LogP contribution in [0.25, 0.3) is 0 Å². The fourth-order valence-electron chi connectivity index (χ4n) is 4.98. The number of benzene rings is 2. The van der Waals surface area contributed by atoms with Crippen LogP contribution in [-0.2, 0) is 9.59 Å². The molecule has 1 heterocycles. The van der Waals surface area contributed by atoms with E-state index in [0.29, 0.717) is 24.3 Å². The van der Waals surface area contributed by atoms with E-state index in [9.17, 15) is 19.2 Å². The lowest BCUT2D eigenvalue weighted by Gasteiger charge is -2.36. The van der Waals surface area contributed by atoms with E-state index in [-0.39, 0.29) is 27.8 Å². The minimum atomic E-state index is -1.05. The third-order valence-electron chi connectivity index (χ3n) is 6.80. The van der Waals surface area contributed by atoms with Crippen molar-refractivity contribution < 1.29 is 19.2 Å². The Labute approximate surface area is 208 Å². The summed E-state index contributed by atoms with van der Waals surface area (Å²) in [5.74, 6) is -2.49. The molecule has 1 aliphatic carbocycles. The number of Topliss-reactive ketones (excluding diaryl/α,β-unsaturated/α-hetero) is 1. The Morgan fingerprint density at radius 2 is 1.65 bits per heavy atom. The Bertz CT molecular complexity index is 1140. The smallest absolute Gasteiger partial charge is 0.273 e. The predicted octanol–water partition coefficient (Wildman–Crippen LogP) is 5.43. The van der Waals surface area contributed by atoms with Gasteiger partial charge < -0.3 is 0 Å². The van der Waals surface area contributed by atoms with Crippen molar-refractivity contribution in [3.05, 3.63) is 69.7 Å². The molecule has 1 aliphatic heterocycles. The maximum atomic E-state index is 13.8. The summed E-state index contributed by atoms with van der Waals surface area (Å²) in [4.78, 5) is 54.4. The maximum absolute atomic E-state index is 13.8. The average molecular weight is 501 g/mol. The number of imide groups is 1. The second-order valence-electron chi connectivity index (χ2n) is 9.05. The van der Waals surface area contributed by atoms with Crippen LogP contribution in [0.4, 0.5) is 0 Å². The van der Waals surface area contributed by atoms with E-state index in [2.05, 4.69) is 6.92 Å². The highest BCUT2D eigenvalue weighted by Crippen LogP contribution is 2.42. The van der Waals surface area contributed by atoms with Gasteiger partial charge in [-0.2, -0.15) is 5.01 Å². The molecule has 1 saturated carbocycles. The van der Waals surface area contributed by atoms with Crippen molar-refractivity contribution in [2.24, 2.45) is 17.8 Å². The van der Waals surface area contributed by atoms with Crippen LogP contribution < -0.4 is 0 Å². The number of halogens is 2. The Morgan fingerprint density at radius 3 is 2.29 bits per heavy atom. The normalized spacial score (nSPS) is 22.9. The van der Waals surface area contributed by atoms with E-state index in [1.54, 1.807) is 37.3 Å². The zero-order valence-electron chi connectivity index (χ0n) is 19.0. The topological polar surface area (TPSA) is 74.8 Å². The molecule has 2 aromatic carbocycles. The molecule has 2 aliphatic rings. The van der Waals surface area contributed by atoms with Crippen LogP contribution in [0, 0.1) is 17.8 Å². The van der Waals surface area contributed by atoms with Crippen molar-refractivity contribution in [1.29, 1.82) is 0 Å². The van der Waals surface area contributed by atoms with E-state index in [0.717, 1.165) is 16.4 Å². The number of carbonyl (C=O) groups excluding carboxylic acids is 4. The molecule has 0 bridgehead atoms. The van der Waals surface area contributed by atoms with Crippen molar-refractivity contribution in [3.8, 4) is 0 Å². The monoisotopic (exact) mass is 500 g/mol. The summed E-state index contributed by atoms with van der Waals surface area (Å²) in [5, 5.41) is 2.43. The molecule has 34 heavy (non-hydrogen) atoms. The highest BCUT2D eigenvalue weighted by atomic mass is 35.5. The first kappa shape index (κ1) is 24.4. The number of ketones is 1. The van der Waals surface area contributed by atoms with Gasteiger partial charge in [0.25, 0.3) is 17.7 Å². The third-order valence-corrected chi connectivity index (χ3v) is 7.54. The highest BCUT2D eigenvalue weighted by molar-refractivity contribution is 6.42. The molecule has 1 saturated heterocycles. The van der Waals surface area contributed by atoms with Crippen LogP contribution in [-0.4, -0.2) is 39.6 Å². The van der Waals surface area contributed by atoms with E-state index in [1.165, 1.54) is 18.2 Å². The number of carbonyl (C=O) groups is 4. The molecule has 6 nitrogen and oxygen atoms in total. The number of hydrogen-bond acceptors (Lipinski definition) is 4. The van der Waals surface area contributed by atoms with Gasteiger partial charge in [-0.1, -0.05) is 67.4 Å². The summed E-state index contributed by atoms with van der Waals surface area (Å²) in [5.41, 5.74) is 0.531. The van der Waals surface area contributed by atoms with Crippen molar-refractivity contribution in [2.45, 2.75) is 45.6 Å². The van der Waals surface area contributed by atoms with Gasteiger partial charge in [-0.3, -0.25) is 19.2 Å². The third kappa shape index (κ3) is 4.37. The summed E-state index contributed by atoms with van der Waals surface area (Å²) in [6.45, 7) is 3.81. The van der Waals surface area contributed by atoms with Gasteiger partial charge in [0.05, 0.1) is 21.9 Å². The molecule has 4 rings (SSSR count). The van der Waals surface area contributed by atoms with Crippen molar-refractivity contribution in [2.75, 3.05) is 0 Å². The van der Waals surface area contributed by atoms with Gasteiger partial charge in [0.1, 0.15) is 6.04 Å². The molecule has 0 N–H and O–H groups in total. The van der Waals surface area contributed by atoms with Gasteiger partial charge in [-0.15, -0.1) is 0 Å². The fraction of sp³-hybridized carbons (Fsp3) is 0.385. The molecule has 178 valence electrons. The van der Waals surface area contributed by atoms with Crippen LogP contribution in [0.1, 0.15) is 60.2 Å². The Balaban J connectivity index is 1.80. The summed E-state index contributed by atoms with van der Waals surface area (Å²) >= 11 is 12.2. The van der Waals surface area contributed by atoms with Gasteiger partial charge in [0.2, 0.25) is 0 Å². The van der Waals surface area contributed by atoms with Crippen molar-refractivity contribution >= 4 is 46.7 Å². The highest BCUT2D eigenvalue weighted by Gasteiger charge is 2.54. The zero-order valence-corrected chi connectivity index (χ0v) is 20.6. The predicted molar refractivity (Wildman–Crippen MR) is 129 cm³/mol. The van der Waals surface area contributed by atoms with Crippen molar-refractivity contribution in [1.82, 2.24) is 10.0 Å². The van der Waals surface area contributed by atoms with Crippen LogP contribution >= 0.6 is 23.2 Å². The number of nitrogens with zero attached hydrogens (tertiary/aromatic N) is 2. The maximum Gasteiger partial charge on any atom is 0.273 e. The standard InChI is InChI=1S/C26H26Cl2N2O4/c1-3-22(23(31)16-7-5-4-6-8-16)29(24(32)17-10-12-20(27)21(28)14-17)30-25(33)18-11-9-15(2)13-19(18)26(30)34/h4-8,10,12,14-15,18-19,22H,3,9,11,13H2,1-2H3/t15-,18+,19-,22+/m0/s1. The lowest BCUT2D eigenvalue weighted by atomic mass is 9.76. The van der Waals surface area contributed by atoms with Gasteiger partial charge in [0, 0.05) is 11.1 Å². The summed E-state index contributed by atoms with van der Waals surface area (Å²) < 4.78 is 0. The molecular formula is C26H26Cl2N2O4. The average Bonchev–Trinajstić information content (AvgIpc) is 3.08. The Kier molecular flexibility index (Phi) is 7.10. The van der Waals surface area contributed by atoms with Crippen LogP contribution in [0.5, 0.6) is 0 Å². The van der Waals surface area contributed by atoms with Crippen LogP contribution in [0.2, 0.25) is 10.0 Å². The Hall–Kier alpha value is -2.70.